The third-order valence-corrected chi connectivity index (χ3v) is 6.19. The molecule has 0 atom stereocenters. The summed E-state index contributed by atoms with van der Waals surface area (Å²) in [4.78, 5) is 11.7. The van der Waals surface area contributed by atoms with Gasteiger partial charge in [-0.25, -0.2) is 18.4 Å². The Hall–Kier alpha value is -3.00. The van der Waals surface area contributed by atoms with Gasteiger partial charge in [0, 0.05) is 42.0 Å². The van der Waals surface area contributed by atoms with E-state index in [0.717, 1.165) is 10.9 Å². The highest BCUT2D eigenvalue weighted by Gasteiger charge is 2.17. The van der Waals surface area contributed by atoms with Gasteiger partial charge in [0.1, 0.15) is 23.6 Å². The second-order valence-corrected chi connectivity index (χ2v) is 8.52. The van der Waals surface area contributed by atoms with Gasteiger partial charge in [0.2, 0.25) is 0 Å². The molecule has 3 heterocycles. The van der Waals surface area contributed by atoms with Crippen LogP contribution >= 0.6 is 35.0 Å². The van der Waals surface area contributed by atoms with Crippen LogP contribution in [-0.2, 0) is 13.0 Å². The lowest BCUT2D eigenvalue weighted by Gasteiger charge is -2.13. The average molecular weight is 506 g/mol. The van der Waals surface area contributed by atoms with E-state index in [-0.39, 0.29) is 12.4 Å². The fourth-order valence-corrected chi connectivity index (χ4v) is 4.28. The number of aromatic amines is 1. The van der Waals surface area contributed by atoms with Crippen LogP contribution in [0.1, 0.15) is 17.0 Å². The molecule has 0 aliphatic heterocycles. The zero-order valence-corrected chi connectivity index (χ0v) is 19.5. The number of nitrogens with zero attached hydrogens (tertiary/aromatic N) is 3. The van der Waals surface area contributed by atoms with Gasteiger partial charge in [0.15, 0.2) is 17.3 Å². The smallest absolute Gasteiger partial charge is 0.164 e. The summed E-state index contributed by atoms with van der Waals surface area (Å²) in [5, 5.41) is 1.83. The van der Waals surface area contributed by atoms with Crippen LogP contribution in [0.5, 0.6) is 11.5 Å². The Labute approximate surface area is 202 Å². The molecular weight excluding hydrogens is 490 g/mol. The number of benzene rings is 2. The summed E-state index contributed by atoms with van der Waals surface area (Å²) >= 11 is 18.6. The van der Waals surface area contributed by atoms with Gasteiger partial charge in [-0.15, -0.1) is 0 Å². The Morgan fingerprint density at radius 2 is 1.97 bits per heavy atom. The number of hydrogen-bond acceptors (Lipinski definition) is 4. The number of rotatable bonds is 6. The van der Waals surface area contributed by atoms with E-state index < -0.39 is 5.82 Å². The number of pyridine rings is 1. The quantitative estimate of drug-likeness (QED) is 0.285. The molecule has 0 fully saturated rings. The summed E-state index contributed by atoms with van der Waals surface area (Å²) in [6.07, 6.45) is 3.67. The van der Waals surface area contributed by atoms with Crippen LogP contribution in [-0.4, -0.2) is 26.1 Å². The molecule has 10 heteroatoms. The molecule has 168 valence electrons. The number of ether oxygens (including phenoxy) is 2. The van der Waals surface area contributed by atoms with E-state index in [1.165, 1.54) is 17.3 Å². The molecule has 0 spiro atoms. The van der Waals surface area contributed by atoms with Crippen LogP contribution in [0.25, 0.3) is 22.1 Å². The maximum atomic E-state index is 15.0. The fraction of sp³-hybridized carbons (Fsp3) is 0.130. The van der Waals surface area contributed by atoms with Gasteiger partial charge < -0.3 is 14.5 Å². The minimum absolute atomic E-state index is 0.00370. The van der Waals surface area contributed by atoms with Crippen molar-refractivity contribution in [2.45, 2.75) is 13.0 Å². The topological polar surface area (TPSA) is 65.0 Å². The standard InChI is InChI=1S/C23H16Cl3FN4O2/c1-32-19-6-12(5-13-9-28-23-15(13)7-14(24)10-29-23)17(27)8-20(19)33-11-21-30-22-16(25)3-2-4-18(22)31(21)26/h2-4,6-10H,5,11H2,1H3,(H,28,29). The van der Waals surface area contributed by atoms with Crippen molar-refractivity contribution in [3.8, 4) is 11.5 Å². The number of aromatic nitrogens is 4. The summed E-state index contributed by atoms with van der Waals surface area (Å²) in [6, 6.07) is 10.0. The molecule has 0 saturated heterocycles. The van der Waals surface area contributed by atoms with E-state index in [2.05, 4.69) is 15.0 Å². The van der Waals surface area contributed by atoms with Crippen LogP contribution < -0.4 is 9.47 Å². The predicted octanol–water partition coefficient (Wildman–Crippen LogP) is 6.54. The van der Waals surface area contributed by atoms with Gasteiger partial charge in [0.25, 0.3) is 0 Å². The number of para-hydroxylation sites is 1. The van der Waals surface area contributed by atoms with Crippen molar-refractivity contribution in [3.05, 3.63) is 81.6 Å². The van der Waals surface area contributed by atoms with E-state index in [1.54, 1.807) is 42.7 Å². The maximum Gasteiger partial charge on any atom is 0.164 e. The molecule has 5 aromatic rings. The number of nitrogens with one attached hydrogen (secondary N) is 1. The summed E-state index contributed by atoms with van der Waals surface area (Å²) in [7, 11) is 1.50. The van der Waals surface area contributed by atoms with Crippen LogP contribution in [0.2, 0.25) is 10.0 Å². The largest absolute Gasteiger partial charge is 0.493 e. The molecule has 0 aliphatic carbocycles. The van der Waals surface area contributed by atoms with E-state index >= 15 is 4.39 Å². The van der Waals surface area contributed by atoms with Crippen LogP contribution in [0, 0.1) is 5.82 Å². The molecule has 0 saturated carbocycles. The lowest BCUT2D eigenvalue weighted by atomic mass is 10.0. The lowest BCUT2D eigenvalue weighted by molar-refractivity contribution is 0.274. The van der Waals surface area contributed by atoms with Gasteiger partial charge in [-0.05, 0) is 35.4 Å². The first kappa shape index (κ1) is 21.8. The Bertz CT molecular complexity index is 1500. The molecule has 0 radical (unpaired) electrons. The molecule has 0 aliphatic rings. The fourth-order valence-electron chi connectivity index (χ4n) is 3.69. The van der Waals surface area contributed by atoms with Gasteiger partial charge in [-0.2, -0.15) is 0 Å². The first-order valence-electron chi connectivity index (χ1n) is 9.87. The van der Waals surface area contributed by atoms with Crippen molar-refractivity contribution >= 4 is 57.0 Å². The molecule has 0 bridgehead atoms. The molecule has 0 amide bonds. The minimum Gasteiger partial charge on any atom is -0.493 e. The molecule has 1 N–H and O–H groups in total. The lowest BCUT2D eigenvalue weighted by Crippen LogP contribution is -2.03. The molecule has 3 aromatic heterocycles. The highest BCUT2D eigenvalue weighted by Crippen LogP contribution is 2.33. The highest BCUT2D eigenvalue weighted by molar-refractivity contribution is 6.35. The van der Waals surface area contributed by atoms with Crippen molar-refractivity contribution in [2.75, 3.05) is 7.11 Å². The van der Waals surface area contributed by atoms with E-state index in [4.69, 9.17) is 44.5 Å². The Balaban J connectivity index is 1.42. The molecule has 6 nitrogen and oxygen atoms in total. The zero-order chi connectivity index (χ0) is 23.1. The summed E-state index contributed by atoms with van der Waals surface area (Å²) in [5.41, 5.74) is 3.21. The number of imidazole rings is 1. The molecular formula is C23H16Cl3FN4O2. The van der Waals surface area contributed by atoms with E-state index in [9.17, 15) is 0 Å². The number of hydrogen-bond donors (Lipinski definition) is 1. The Morgan fingerprint density at radius 3 is 2.76 bits per heavy atom. The average Bonchev–Trinajstić information content (AvgIpc) is 3.35. The Morgan fingerprint density at radius 1 is 1.12 bits per heavy atom. The second-order valence-electron chi connectivity index (χ2n) is 7.34. The van der Waals surface area contributed by atoms with Gasteiger partial charge in [-0.3, -0.25) is 0 Å². The first-order valence-corrected chi connectivity index (χ1v) is 11.0. The van der Waals surface area contributed by atoms with Crippen molar-refractivity contribution < 1.29 is 13.9 Å². The van der Waals surface area contributed by atoms with Crippen LogP contribution in [0.4, 0.5) is 4.39 Å². The second kappa shape index (κ2) is 8.74. The number of H-pyrrole nitrogens is 1. The third-order valence-electron chi connectivity index (χ3n) is 5.30. The van der Waals surface area contributed by atoms with Crippen molar-refractivity contribution in [2.24, 2.45) is 0 Å². The Kier molecular flexibility index (Phi) is 5.78. The molecule has 5 rings (SSSR count). The van der Waals surface area contributed by atoms with Crippen molar-refractivity contribution in [1.82, 2.24) is 19.0 Å². The summed E-state index contributed by atoms with van der Waals surface area (Å²) < 4.78 is 27.6. The van der Waals surface area contributed by atoms with Gasteiger partial charge in [-0.1, -0.05) is 29.3 Å². The minimum atomic E-state index is -0.433. The molecule has 2 aromatic carbocycles. The molecule has 0 unspecified atom stereocenters. The monoisotopic (exact) mass is 504 g/mol. The van der Waals surface area contributed by atoms with Gasteiger partial charge >= 0.3 is 0 Å². The normalized spacial score (nSPS) is 11.4. The predicted molar refractivity (Wildman–Crippen MR) is 127 cm³/mol. The van der Waals surface area contributed by atoms with E-state index in [0.29, 0.717) is 50.3 Å². The van der Waals surface area contributed by atoms with Crippen LogP contribution in [0.3, 0.4) is 0 Å². The third kappa shape index (κ3) is 4.08. The molecule has 33 heavy (non-hydrogen) atoms. The highest BCUT2D eigenvalue weighted by atomic mass is 35.5. The van der Waals surface area contributed by atoms with Gasteiger partial charge in [0.05, 0.1) is 22.7 Å². The zero-order valence-electron chi connectivity index (χ0n) is 17.2. The number of fused-ring (bicyclic) bond motifs is 2. The number of methoxy groups -OCH3 is 1. The number of halogens is 4. The van der Waals surface area contributed by atoms with Crippen LogP contribution in [0.15, 0.2) is 48.8 Å². The first-order chi connectivity index (χ1) is 15.9. The van der Waals surface area contributed by atoms with Crippen molar-refractivity contribution in [3.63, 3.8) is 0 Å². The SMILES string of the molecule is COc1cc(Cc2c[nH]c3ncc(Cl)cc23)c(F)cc1OCc1nc2c(Cl)cccc2n1Cl. The summed E-state index contributed by atoms with van der Waals surface area (Å²) in [6.45, 7) is -0.00370. The van der Waals surface area contributed by atoms with Crippen molar-refractivity contribution in [1.29, 1.82) is 0 Å². The maximum absolute atomic E-state index is 15.0. The summed E-state index contributed by atoms with van der Waals surface area (Å²) in [5.74, 6) is 0.613. The van der Waals surface area contributed by atoms with E-state index in [1.807, 2.05) is 0 Å².